The zero-order valence-electron chi connectivity index (χ0n) is 21.7. The van der Waals surface area contributed by atoms with E-state index in [4.69, 9.17) is 4.98 Å². The first-order valence-electron chi connectivity index (χ1n) is 13.1. The Morgan fingerprint density at radius 1 is 1.11 bits per heavy atom. The van der Waals surface area contributed by atoms with E-state index in [1.807, 2.05) is 24.4 Å². The Labute approximate surface area is 220 Å². The summed E-state index contributed by atoms with van der Waals surface area (Å²) in [4.78, 5) is 34.3. The molecule has 5 aromatic rings. The number of H-pyrrole nitrogens is 2. The molecule has 1 aliphatic rings. The fourth-order valence-electron chi connectivity index (χ4n) is 4.92. The van der Waals surface area contributed by atoms with Gasteiger partial charge < -0.3 is 20.1 Å². The van der Waals surface area contributed by atoms with E-state index >= 15 is 0 Å². The van der Waals surface area contributed by atoms with Gasteiger partial charge in [0.15, 0.2) is 0 Å². The number of pyridine rings is 3. The van der Waals surface area contributed by atoms with Gasteiger partial charge in [0.2, 0.25) is 5.91 Å². The molecule has 6 rings (SSSR count). The minimum Gasteiger partial charge on any atom is -0.368 e. The van der Waals surface area contributed by atoms with E-state index in [0.717, 1.165) is 83.7 Å². The molecule has 0 saturated carbocycles. The molecule has 10 nitrogen and oxygen atoms in total. The first-order valence-corrected chi connectivity index (χ1v) is 13.1. The standard InChI is InChI=1S/C28H31N9O/c1-3-4-5-25(38)31-19-14-18(16-29-17-19)21-6-7-22-26(32-21)27(35-34-22)23-15-20-24(8-9-30-28(20)33-23)37-12-10-36(2)11-13-37/h6-9,14-17H,3-5,10-13H2,1-2H3,(H,30,33)(H,31,38)(H,34,35). The van der Waals surface area contributed by atoms with Crippen LogP contribution in [0.3, 0.4) is 0 Å². The summed E-state index contributed by atoms with van der Waals surface area (Å²) < 4.78 is 0. The van der Waals surface area contributed by atoms with Crippen LogP contribution in [0.4, 0.5) is 11.4 Å². The van der Waals surface area contributed by atoms with Crippen molar-refractivity contribution in [1.29, 1.82) is 0 Å². The maximum atomic E-state index is 12.2. The van der Waals surface area contributed by atoms with Gasteiger partial charge in [-0.05, 0) is 43.8 Å². The van der Waals surface area contributed by atoms with Crippen LogP contribution >= 0.6 is 0 Å². The van der Waals surface area contributed by atoms with Crippen molar-refractivity contribution in [1.82, 2.24) is 35.0 Å². The molecule has 194 valence electrons. The topological polar surface area (TPSA) is 119 Å². The average molecular weight is 510 g/mol. The summed E-state index contributed by atoms with van der Waals surface area (Å²) >= 11 is 0. The van der Waals surface area contributed by atoms with Gasteiger partial charge in [0, 0.05) is 61.6 Å². The smallest absolute Gasteiger partial charge is 0.224 e. The quantitative estimate of drug-likeness (QED) is 0.297. The minimum atomic E-state index is -0.00491. The Kier molecular flexibility index (Phi) is 6.47. The number of piperazine rings is 1. The van der Waals surface area contributed by atoms with E-state index in [1.165, 1.54) is 5.69 Å². The van der Waals surface area contributed by atoms with Crippen LogP contribution in [0.15, 0.2) is 48.9 Å². The van der Waals surface area contributed by atoms with Crippen molar-refractivity contribution < 1.29 is 4.79 Å². The highest BCUT2D eigenvalue weighted by Crippen LogP contribution is 2.33. The molecule has 0 bridgehead atoms. The fourth-order valence-corrected chi connectivity index (χ4v) is 4.92. The number of likely N-dealkylation sites (N-methyl/N-ethyl adjacent to an activating group) is 1. The minimum absolute atomic E-state index is 0.00491. The van der Waals surface area contributed by atoms with Crippen molar-refractivity contribution in [3.8, 4) is 22.6 Å². The maximum Gasteiger partial charge on any atom is 0.224 e. The molecule has 0 spiro atoms. The fraction of sp³-hybridized carbons (Fsp3) is 0.321. The van der Waals surface area contributed by atoms with Crippen LogP contribution in [-0.4, -0.2) is 74.2 Å². The monoisotopic (exact) mass is 509 g/mol. The molecule has 10 heteroatoms. The van der Waals surface area contributed by atoms with E-state index in [0.29, 0.717) is 12.1 Å². The van der Waals surface area contributed by atoms with Crippen molar-refractivity contribution in [3.63, 3.8) is 0 Å². The first kappa shape index (κ1) is 24.1. The van der Waals surface area contributed by atoms with Crippen LogP contribution in [-0.2, 0) is 4.79 Å². The third-order valence-electron chi connectivity index (χ3n) is 7.09. The second-order valence-corrected chi connectivity index (χ2v) is 9.84. The number of rotatable bonds is 7. The number of hydrogen-bond donors (Lipinski definition) is 3. The molecule has 1 fully saturated rings. The number of nitrogens with one attached hydrogen (secondary N) is 3. The van der Waals surface area contributed by atoms with Crippen molar-refractivity contribution in [3.05, 3.63) is 48.9 Å². The summed E-state index contributed by atoms with van der Waals surface area (Å²) in [6, 6.07) is 10.0. The second kappa shape index (κ2) is 10.2. The lowest BCUT2D eigenvalue weighted by atomic mass is 10.1. The Hall–Kier alpha value is -4.31. The van der Waals surface area contributed by atoms with Crippen LogP contribution in [0.2, 0.25) is 0 Å². The molecule has 0 atom stereocenters. The van der Waals surface area contributed by atoms with Gasteiger partial charge in [-0.25, -0.2) is 9.97 Å². The summed E-state index contributed by atoms with van der Waals surface area (Å²) in [5, 5.41) is 11.7. The number of aromatic amines is 2. The SMILES string of the molecule is CCCCC(=O)Nc1cncc(-c2ccc3[nH]nc(-c4cc5c(N6CCN(C)CC6)ccnc5[nH]4)c3n2)c1. The number of carbonyl (C=O) groups excluding carboxylic acids is 1. The van der Waals surface area contributed by atoms with Gasteiger partial charge >= 0.3 is 0 Å². The van der Waals surface area contributed by atoms with E-state index in [1.54, 1.807) is 12.4 Å². The molecule has 6 heterocycles. The van der Waals surface area contributed by atoms with E-state index in [-0.39, 0.29) is 5.91 Å². The van der Waals surface area contributed by atoms with Gasteiger partial charge in [-0.3, -0.25) is 14.9 Å². The Bertz CT molecular complexity index is 1600. The van der Waals surface area contributed by atoms with Gasteiger partial charge in [-0.15, -0.1) is 0 Å². The number of anilines is 2. The highest BCUT2D eigenvalue weighted by molar-refractivity contribution is 5.98. The largest absolute Gasteiger partial charge is 0.368 e. The molecule has 0 unspecified atom stereocenters. The number of aromatic nitrogens is 6. The van der Waals surface area contributed by atoms with Crippen LogP contribution in [0.1, 0.15) is 26.2 Å². The van der Waals surface area contributed by atoms with Crippen molar-refractivity contribution in [2.45, 2.75) is 26.2 Å². The molecular formula is C28H31N9O. The van der Waals surface area contributed by atoms with Gasteiger partial charge in [0.25, 0.3) is 0 Å². The maximum absolute atomic E-state index is 12.2. The van der Waals surface area contributed by atoms with Crippen molar-refractivity contribution in [2.75, 3.05) is 43.4 Å². The second-order valence-electron chi connectivity index (χ2n) is 9.84. The van der Waals surface area contributed by atoms with Gasteiger partial charge in [-0.2, -0.15) is 5.10 Å². The molecule has 5 aromatic heterocycles. The van der Waals surface area contributed by atoms with E-state index < -0.39 is 0 Å². The number of unbranched alkanes of at least 4 members (excludes halogenated alkanes) is 1. The predicted octanol–water partition coefficient (Wildman–Crippen LogP) is 4.44. The summed E-state index contributed by atoms with van der Waals surface area (Å²) in [6.45, 7) is 6.11. The highest BCUT2D eigenvalue weighted by atomic mass is 16.1. The molecular weight excluding hydrogens is 478 g/mol. The average Bonchev–Trinajstić information content (AvgIpc) is 3.56. The highest BCUT2D eigenvalue weighted by Gasteiger charge is 2.20. The van der Waals surface area contributed by atoms with Gasteiger partial charge in [0.1, 0.15) is 16.9 Å². The molecule has 0 aliphatic carbocycles. The number of carbonyl (C=O) groups is 1. The molecule has 1 amide bonds. The molecule has 38 heavy (non-hydrogen) atoms. The molecule has 1 aliphatic heterocycles. The number of amides is 1. The Morgan fingerprint density at radius 2 is 1.97 bits per heavy atom. The number of nitrogens with zero attached hydrogens (tertiary/aromatic N) is 6. The Morgan fingerprint density at radius 3 is 2.82 bits per heavy atom. The van der Waals surface area contributed by atoms with Crippen LogP contribution in [0, 0.1) is 0 Å². The number of fused-ring (bicyclic) bond motifs is 2. The van der Waals surface area contributed by atoms with Crippen LogP contribution < -0.4 is 10.2 Å². The Balaban J connectivity index is 1.33. The van der Waals surface area contributed by atoms with Gasteiger partial charge in [0.05, 0.1) is 28.8 Å². The predicted molar refractivity (Wildman–Crippen MR) is 150 cm³/mol. The van der Waals surface area contributed by atoms with Crippen LogP contribution in [0.25, 0.3) is 44.7 Å². The molecule has 0 aromatic carbocycles. The lowest BCUT2D eigenvalue weighted by molar-refractivity contribution is -0.116. The van der Waals surface area contributed by atoms with Crippen molar-refractivity contribution >= 4 is 39.3 Å². The third-order valence-corrected chi connectivity index (χ3v) is 7.09. The lowest BCUT2D eigenvalue weighted by Gasteiger charge is -2.34. The van der Waals surface area contributed by atoms with Gasteiger partial charge in [-0.1, -0.05) is 13.3 Å². The summed E-state index contributed by atoms with van der Waals surface area (Å²) in [5.41, 5.74) is 7.45. The third kappa shape index (κ3) is 4.70. The molecule has 3 N–H and O–H groups in total. The van der Waals surface area contributed by atoms with Crippen LogP contribution in [0.5, 0.6) is 0 Å². The zero-order valence-corrected chi connectivity index (χ0v) is 21.7. The van der Waals surface area contributed by atoms with Crippen molar-refractivity contribution in [2.24, 2.45) is 0 Å². The first-order chi connectivity index (χ1) is 18.6. The normalized spacial score (nSPS) is 14.4. The molecule has 0 radical (unpaired) electrons. The summed E-state index contributed by atoms with van der Waals surface area (Å²) in [6.07, 6.45) is 7.61. The van der Waals surface area contributed by atoms with E-state index in [9.17, 15) is 4.79 Å². The zero-order chi connectivity index (χ0) is 26.1. The number of hydrogen-bond acceptors (Lipinski definition) is 7. The summed E-state index contributed by atoms with van der Waals surface area (Å²) in [7, 11) is 2.16. The lowest BCUT2D eigenvalue weighted by Crippen LogP contribution is -2.44. The van der Waals surface area contributed by atoms with E-state index in [2.05, 4.69) is 66.4 Å². The summed E-state index contributed by atoms with van der Waals surface area (Å²) in [5.74, 6) is -0.00491. The molecule has 1 saturated heterocycles.